The number of para-hydroxylation sites is 1. The minimum atomic E-state index is -0.262. The summed E-state index contributed by atoms with van der Waals surface area (Å²) in [5.41, 5.74) is 12.2. The number of hydrazine groups is 1. The Morgan fingerprint density at radius 3 is 2.67 bits per heavy atom. The summed E-state index contributed by atoms with van der Waals surface area (Å²) in [7, 11) is 3.50. The van der Waals surface area contributed by atoms with Crippen LogP contribution in [0.15, 0.2) is 48.1 Å². The zero-order chi connectivity index (χ0) is 24.0. The van der Waals surface area contributed by atoms with Gasteiger partial charge in [0.2, 0.25) is 5.95 Å². The summed E-state index contributed by atoms with van der Waals surface area (Å²) in [5, 5.41) is 13.6. The number of anilines is 2. The van der Waals surface area contributed by atoms with Crippen molar-refractivity contribution >= 4 is 23.4 Å². The van der Waals surface area contributed by atoms with Crippen LogP contribution in [0.1, 0.15) is 37.3 Å². The maximum Gasteiger partial charge on any atom is 0.327 e. The minimum Gasteiger partial charge on any atom is -0.383 e. The van der Waals surface area contributed by atoms with Crippen LogP contribution in [-0.4, -0.2) is 65.5 Å². The van der Waals surface area contributed by atoms with Crippen LogP contribution in [0, 0.1) is 5.41 Å². The first kappa shape index (κ1) is 24.1. The number of methoxy groups -OCH3 is 1. The number of nitrogen functional groups attached to an aromatic ring is 1. The van der Waals surface area contributed by atoms with Gasteiger partial charge in [0.1, 0.15) is 5.82 Å². The van der Waals surface area contributed by atoms with E-state index in [1.807, 2.05) is 36.3 Å². The van der Waals surface area contributed by atoms with Crippen LogP contribution in [0.2, 0.25) is 0 Å². The number of urea groups is 1. The second kappa shape index (κ2) is 10.9. The van der Waals surface area contributed by atoms with E-state index in [1.165, 1.54) is 12.4 Å². The van der Waals surface area contributed by atoms with Crippen LogP contribution in [-0.2, 0) is 4.74 Å². The van der Waals surface area contributed by atoms with E-state index in [9.17, 15) is 4.79 Å². The van der Waals surface area contributed by atoms with E-state index in [0.717, 1.165) is 11.3 Å². The van der Waals surface area contributed by atoms with Crippen LogP contribution < -0.4 is 16.5 Å². The lowest BCUT2D eigenvalue weighted by Gasteiger charge is -2.27. The molecule has 10 heteroatoms. The molecule has 2 heterocycles. The summed E-state index contributed by atoms with van der Waals surface area (Å²) >= 11 is 0. The number of carbonyl (C=O) groups is 1. The van der Waals surface area contributed by atoms with Gasteiger partial charge in [0.15, 0.2) is 0 Å². The van der Waals surface area contributed by atoms with Gasteiger partial charge in [0.05, 0.1) is 12.3 Å². The molecule has 2 amide bonds. The molecule has 33 heavy (non-hydrogen) atoms. The number of ether oxygens (including phenoxy) is 1. The molecule has 10 nitrogen and oxygen atoms in total. The van der Waals surface area contributed by atoms with E-state index in [4.69, 9.17) is 15.9 Å². The monoisotopic (exact) mass is 452 g/mol. The van der Waals surface area contributed by atoms with Gasteiger partial charge in [-0.2, -0.15) is 0 Å². The van der Waals surface area contributed by atoms with Crippen LogP contribution in [0.4, 0.5) is 16.4 Å². The smallest absolute Gasteiger partial charge is 0.327 e. The molecule has 0 fully saturated rings. The second-order valence-corrected chi connectivity index (χ2v) is 8.13. The van der Waals surface area contributed by atoms with E-state index in [2.05, 4.69) is 34.6 Å². The number of rotatable bonds is 9. The van der Waals surface area contributed by atoms with Crippen molar-refractivity contribution in [2.75, 3.05) is 44.9 Å². The van der Waals surface area contributed by atoms with Crippen molar-refractivity contribution in [3.63, 3.8) is 0 Å². The highest BCUT2D eigenvalue weighted by Gasteiger charge is 2.31. The van der Waals surface area contributed by atoms with E-state index < -0.39 is 0 Å². The Morgan fingerprint density at radius 2 is 2.00 bits per heavy atom. The number of nitrogens with zero attached hydrogens (tertiary/aromatic N) is 4. The summed E-state index contributed by atoms with van der Waals surface area (Å²) in [6.45, 7) is 5.73. The fourth-order valence-electron chi connectivity index (χ4n) is 3.59. The van der Waals surface area contributed by atoms with Gasteiger partial charge in [-0.25, -0.2) is 19.8 Å². The molecule has 0 atom stereocenters. The van der Waals surface area contributed by atoms with Gasteiger partial charge in [-0.1, -0.05) is 32.0 Å². The van der Waals surface area contributed by atoms with Crippen molar-refractivity contribution in [3.05, 3.63) is 59.2 Å². The third-order valence-electron chi connectivity index (χ3n) is 5.40. The molecule has 1 aliphatic heterocycles. The fraction of sp³-hybridized carbons (Fsp3) is 0.391. The molecule has 1 aromatic heterocycles. The van der Waals surface area contributed by atoms with Crippen molar-refractivity contribution in [3.8, 4) is 0 Å². The Morgan fingerprint density at radius 1 is 1.30 bits per heavy atom. The quantitative estimate of drug-likeness (QED) is 0.340. The van der Waals surface area contributed by atoms with E-state index in [0.29, 0.717) is 43.1 Å². The SMILES string of the molecule is COCCN(C)NC1=C(C(=N)c2cnc(N)nc2)CCN1C(=O)Nc1ccccc1C(C)C. The number of benzene rings is 1. The van der Waals surface area contributed by atoms with Gasteiger partial charge in [-0.3, -0.25) is 10.3 Å². The van der Waals surface area contributed by atoms with Crippen LogP contribution in [0.3, 0.4) is 0 Å². The first-order chi connectivity index (χ1) is 15.8. The summed E-state index contributed by atoms with van der Waals surface area (Å²) in [5.74, 6) is 0.965. The van der Waals surface area contributed by atoms with Gasteiger partial charge in [0.25, 0.3) is 0 Å². The summed E-state index contributed by atoms with van der Waals surface area (Å²) in [6.07, 6.45) is 3.56. The van der Waals surface area contributed by atoms with E-state index in [-0.39, 0.29) is 23.6 Å². The summed E-state index contributed by atoms with van der Waals surface area (Å²) in [6, 6.07) is 7.52. The lowest BCUT2D eigenvalue weighted by atomic mass is 10.0. The van der Waals surface area contributed by atoms with Crippen LogP contribution >= 0.6 is 0 Å². The highest BCUT2D eigenvalue weighted by atomic mass is 16.5. The van der Waals surface area contributed by atoms with Gasteiger partial charge >= 0.3 is 6.03 Å². The van der Waals surface area contributed by atoms with Gasteiger partial charge < -0.3 is 21.2 Å². The number of carbonyl (C=O) groups excluding carboxylic acids is 1. The fourth-order valence-corrected chi connectivity index (χ4v) is 3.59. The molecule has 0 aliphatic carbocycles. The molecule has 1 aromatic carbocycles. The van der Waals surface area contributed by atoms with Crippen LogP contribution in [0.25, 0.3) is 0 Å². The number of aromatic nitrogens is 2. The lowest BCUT2D eigenvalue weighted by Crippen LogP contribution is -2.44. The lowest BCUT2D eigenvalue weighted by molar-refractivity contribution is 0.135. The first-order valence-electron chi connectivity index (χ1n) is 10.9. The minimum absolute atomic E-state index is 0.148. The number of nitrogens with two attached hydrogens (primary N) is 1. The van der Waals surface area contributed by atoms with Crippen molar-refractivity contribution in [2.24, 2.45) is 0 Å². The zero-order valence-electron chi connectivity index (χ0n) is 19.6. The Hall–Kier alpha value is -3.50. The molecule has 1 aliphatic rings. The highest BCUT2D eigenvalue weighted by Crippen LogP contribution is 2.28. The predicted molar refractivity (Wildman–Crippen MR) is 129 cm³/mol. The summed E-state index contributed by atoms with van der Waals surface area (Å²) < 4.78 is 5.16. The molecule has 0 bridgehead atoms. The summed E-state index contributed by atoms with van der Waals surface area (Å²) in [4.78, 5) is 23.0. The number of hydrogen-bond donors (Lipinski definition) is 4. The van der Waals surface area contributed by atoms with Crippen molar-refractivity contribution in [1.82, 2.24) is 25.3 Å². The third kappa shape index (κ3) is 5.85. The topological polar surface area (TPSA) is 132 Å². The van der Waals surface area contributed by atoms with Gasteiger partial charge in [0, 0.05) is 56.5 Å². The maximum atomic E-state index is 13.3. The molecule has 0 radical (unpaired) electrons. The maximum absolute atomic E-state index is 13.3. The van der Waals surface area contributed by atoms with Crippen molar-refractivity contribution in [2.45, 2.75) is 26.2 Å². The van der Waals surface area contributed by atoms with Gasteiger partial charge in [-0.05, 0) is 24.0 Å². The number of likely N-dealkylation sites (N-methyl/N-ethyl adjacent to an activating group) is 1. The third-order valence-corrected chi connectivity index (χ3v) is 5.40. The van der Waals surface area contributed by atoms with Gasteiger partial charge in [-0.15, -0.1) is 0 Å². The number of nitrogens with one attached hydrogen (secondary N) is 3. The first-order valence-corrected chi connectivity index (χ1v) is 10.9. The van der Waals surface area contributed by atoms with Crippen molar-refractivity contribution < 1.29 is 9.53 Å². The molecule has 176 valence electrons. The Kier molecular flexibility index (Phi) is 7.96. The highest BCUT2D eigenvalue weighted by molar-refractivity contribution is 6.11. The van der Waals surface area contributed by atoms with E-state index >= 15 is 0 Å². The standard InChI is InChI=1S/C23H32N8O2/c1-15(2)17-7-5-6-8-19(17)28-23(32)31-10-9-18(21(31)29-30(3)11-12-33-4)20(24)16-13-26-22(25)27-14-16/h5-8,13-15,24,29H,9-12H2,1-4H3,(H,28,32)(H2,25,26,27). The Bertz CT molecular complexity index is 1020. The average molecular weight is 453 g/mol. The molecule has 0 unspecified atom stereocenters. The molecule has 2 aromatic rings. The van der Waals surface area contributed by atoms with E-state index in [1.54, 1.807) is 12.0 Å². The number of amides is 2. The average Bonchev–Trinajstić information content (AvgIpc) is 3.21. The Balaban J connectivity index is 1.90. The largest absolute Gasteiger partial charge is 0.383 e. The molecule has 5 N–H and O–H groups in total. The predicted octanol–water partition coefficient (Wildman–Crippen LogP) is 2.78. The number of hydrogen-bond acceptors (Lipinski definition) is 8. The molecule has 0 saturated carbocycles. The molecular formula is C23H32N8O2. The molecule has 0 saturated heterocycles. The molecule has 3 rings (SSSR count). The molecular weight excluding hydrogens is 420 g/mol. The van der Waals surface area contributed by atoms with Crippen molar-refractivity contribution in [1.29, 1.82) is 5.41 Å². The normalized spacial score (nSPS) is 13.7. The van der Waals surface area contributed by atoms with Crippen LogP contribution in [0.5, 0.6) is 0 Å². The second-order valence-electron chi connectivity index (χ2n) is 8.13. The Labute approximate surface area is 194 Å². The zero-order valence-corrected chi connectivity index (χ0v) is 19.6. The molecule has 0 spiro atoms.